The Morgan fingerprint density at radius 3 is 1.89 bits per heavy atom. The number of amides is 3. The molecule has 5 aromatic rings. The highest BCUT2D eigenvalue weighted by atomic mass is 16.6. The summed E-state index contributed by atoms with van der Waals surface area (Å²) >= 11 is 0. The molecule has 0 aliphatic carbocycles. The van der Waals surface area contributed by atoms with Gasteiger partial charge in [0.25, 0.3) is 0 Å². The number of hydrogen-bond acceptors (Lipinski definition) is 7. The fourth-order valence-corrected chi connectivity index (χ4v) is 5.58. The first-order valence-corrected chi connectivity index (χ1v) is 17.3. The van der Waals surface area contributed by atoms with Gasteiger partial charge in [0.1, 0.15) is 31.6 Å². The quantitative estimate of drug-likeness (QED) is 0.149. The van der Waals surface area contributed by atoms with Gasteiger partial charge in [-0.3, -0.25) is 9.59 Å². The van der Waals surface area contributed by atoms with Crippen molar-refractivity contribution >= 4 is 24.1 Å². The maximum absolute atomic E-state index is 12.5. The molecule has 0 saturated carbocycles. The second kappa shape index (κ2) is 19.3. The molecule has 2 aliphatic rings. The molecular formula is C43H42N2O8. The molecule has 53 heavy (non-hydrogen) atoms. The third-order valence-electron chi connectivity index (χ3n) is 8.48. The molecule has 2 N–H and O–H groups in total. The molecule has 10 heteroatoms. The monoisotopic (exact) mass is 714 g/mol. The van der Waals surface area contributed by atoms with Crippen molar-refractivity contribution in [3.05, 3.63) is 173 Å². The van der Waals surface area contributed by atoms with E-state index in [-0.39, 0.29) is 43.5 Å². The molecule has 0 unspecified atom stereocenters. The number of ether oxygens (including phenoxy) is 3. The molecule has 7 rings (SSSR count). The molecule has 2 heterocycles. The van der Waals surface area contributed by atoms with Crippen molar-refractivity contribution in [3.8, 4) is 5.75 Å². The lowest BCUT2D eigenvalue weighted by Crippen LogP contribution is -2.35. The summed E-state index contributed by atoms with van der Waals surface area (Å²) in [5.41, 5.74) is 6.15. The van der Waals surface area contributed by atoms with Gasteiger partial charge in [-0.05, 0) is 53.3 Å². The van der Waals surface area contributed by atoms with Crippen LogP contribution in [0.5, 0.6) is 5.75 Å². The smallest absolute Gasteiger partial charge is 0.417 e. The van der Waals surface area contributed by atoms with E-state index in [1.165, 1.54) is 4.90 Å². The van der Waals surface area contributed by atoms with E-state index in [2.05, 4.69) is 5.32 Å². The lowest BCUT2D eigenvalue weighted by molar-refractivity contribution is -0.137. The predicted molar refractivity (Wildman–Crippen MR) is 199 cm³/mol. The van der Waals surface area contributed by atoms with Crippen LogP contribution in [-0.4, -0.2) is 47.3 Å². The SMILES string of the molecule is Cc1ccc(CC(=O)N2C(=O)OC[C@H]2c2ccccc2)cc1.O=C(O)CCc1ccc(OCc2ccccc2)cc1.O=C1N[C@H](c2ccccc2)CO1. The van der Waals surface area contributed by atoms with Crippen molar-refractivity contribution in [2.45, 2.75) is 44.9 Å². The Morgan fingerprint density at radius 2 is 1.30 bits per heavy atom. The highest BCUT2D eigenvalue weighted by Gasteiger charge is 2.38. The van der Waals surface area contributed by atoms with Gasteiger partial charge in [0.05, 0.1) is 12.5 Å². The summed E-state index contributed by atoms with van der Waals surface area (Å²) in [5.74, 6) is -0.215. The average molecular weight is 715 g/mol. The van der Waals surface area contributed by atoms with Crippen LogP contribution in [0.4, 0.5) is 9.59 Å². The number of cyclic esters (lactones) is 2. The first-order chi connectivity index (χ1) is 25.7. The summed E-state index contributed by atoms with van der Waals surface area (Å²) in [6.07, 6.45) is 0.00634. The minimum atomic E-state index is -0.774. The lowest BCUT2D eigenvalue weighted by atomic mass is 10.1. The fourth-order valence-electron chi connectivity index (χ4n) is 5.58. The van der Waals surface area contributed by atoms with E-state index >= 15 is 0 Å². The first-order valence-electron chi connectivity index (χ1n) is 17.3. The molecule has 2 aliphatic heterocycles. The summed E-state index contributed by atoms with van der Waals surface area (Å²) < 4.78 is 15.5. The largest absolute Gasteiger partial charge is 0.489 e. The number of benzene rings is 5. The molecule has 10 nitrogen and oxygen atoms in total. The van der Waals surface area contributed by atoms with Crippen LogP contribution in [0.2, 0.25) is 0 Å². The number of nitrogens with zero attached hydrogens (tertiary/aromatic N) is 1. The normalized spacial score (nSPS) is 15.8. The van der Waals surface area contributed by atoms with Crippen LogP contribution in [0, 0.1) is 6.92 Å². The van der Waals surface area contributed by atoms with Crippen molar-refractivity contribution in [2.24, 2.45) is 0 Å². The number of aryl methyl sites for hydroxylation is 2. The lowest BCUT2D eigenvalue weighted by Gasteiger charge is -2.20. The molecule has 0 bridgehead atoms. The Kier molecular flexibility index (Phi) is 13.7. The number of aliphatic carboxylic acids is 1. The second-order valence-corrected chi connectivity index (χ2v) is 12.4. The number of carboxylic acid groups (broad SMARTS) is 1. The number of imide groups is 1. The summed E-state index contributed by atoms with van der Waals surface area (Å²) in [4.78, 5) is 46.8. The summed E-state index contributed by atoms with van der Waals surface area (Å²) in [6, 6.07) is 44.2. The van der Waals surface area contributed by atoms with Crippen LogP contribution < -0.4 is 10.1 Å². The zero-order valence-electron chi connectivity index (χ0n) is 29.4. The van der Waals surface area contributed by atoms with Gasteiger partial charge in [-0.2, -0.15) is 0 Å². The Morgan fingerprint density at radius 1 is 0.717 bits per heavy atom. The summed E-state index contributed by atoms with van der Waals surface area (Å²) in [5, 5.41) is 11.3. The molecule has 2 saturated heterocycles. The Labute approximate surface area is 308 Å². The van der Waals surface area contributed by atoms with Gasteiger partial charge in [0, 0.05) is 6.42 Å². The molecular weight excluding hydrogens is 672 g/mol. The molecule has 3 amide bonds. The van der Waals surface area contributed by atoms with Gasteiger partial charge in [-0.25, -0.2) is 14.5 Å². The van der Waals surface area contributed by atoms with Gasteiger partial charge in [0.15, 0.2) is 0 Å². The van der Waals surface area contributed by atoms with Crippen LogP contribution in [0.3, 0.4) is 0 Å². The average Bonchev–Trinajstić information content (AvgIpc) is 3.81. The van der Waals surface area contributed by atoms with Crippen LogP contribution in [0.25, 0.3) is 0 Å². The van der Waals surface area contributed by atoms with E-state index in [9.17, 15) is 19.2 Å². The number of carboxylic acids is 1. The van der Waals surface area contributed by atoms with Crippen LogP contribution in [0.1, 0.15) is 51.9 Å². The highest BCUT2D eigenvalue weighted by Crippen LogP contribution is 2.28. The first kappa shape index (κ1) is 37.8. The van der Waals surface area contributed by atoms with Gasteiger partial charge < -0.3 is 24.6 Å². The van der Waals surface area contributed by atoms with Gasteiger partial charge in [-0.1, -0.05) is 133 Å². The van der Waals surface area contributed by atoms with Crippen LogP contribution in [-0.2, 0) is 38.5 Å². The van der Waals surface area contributed by atoms with Crippen molar-refractivity contribution in [1.29, 1.82) is 0 Å². The Bertz CT molecular complexity index is 1920. The topological polar surface area (TPSA) is 131 Å². The van der Waals surface area contributed by atoms with Crippen molar-refractivity contribution in [1.82, 2.24) is 10.2 Å². The molecule has 5 aromatic carbocycles. The molecule has 2 atom stereocenters. The summed E-state index contributed by atoms with van der Waals surface area (Å²) in [7, 11) is 0. The van der Waals surface area contributed by atoms with E-state index in [0.29, 0.717) is 19.6 Å². The summed E-state index contributed by atoms with van der Waals surface area (Å²) in [6.45, 7) is 3.18. The number of nitrogens with one attached hydrogen (secondary N) is 1. The van der Waals surface area contributed by atoms with Crippen molar-refractivity contribution in [2.75, 3.05) is 13.2 Å². The fraction of sp³-hybridized carbons (Fsp3) is 0.209. The van der Waals surface area contributed by atoms with E-state index in [1.54, 1.807) is 0 Å². The Balaban J connectivity index is 0.000000160. The third-order valence-corrected chi connectivity index (χ3v) is 8.48. The maximum Gasteiger partial charge on any atom is 0.417 e. The Hall–Kier alpha value is -6.42. The number of hydrogen-bond donors (Lipinski definition) is 2. The van der Waals surface area contributed by atoms with E-state index in [0.717, 1.165) is 39.1 Å². The van der Waals surface area contributed by atoms with Crippen LogP contribution >= 0.6 is 0 Å². The molecule has 2 fully saturated rings. The van der Waals surface area contributed by atoms with Crippen molar-refractivity contribution in [3.63, 3.8) is 0 Å². The van der Waals surface area contributed by atoms with Crippen molar-refractivity contribution < 1.29 is 38.5 Å². The molecule has 272 valence electrons. The van der Waals surface area contributed by atoms with E-state index in [1.807, 2.05) is 146 Å². The zero-order valence-corrected chi connectivity index (χ0v) is 29.4. The number of alkyl carbamates (subject to hydrolysis) is 1. The van der Waals surface area contributed by atoms with E-state index < -0.39 is 12.1 Å². The van der Waals surface area contributed by atoms with Crippen LogP contribution in [0.15, 0.2) is 140 Å². The third kappa shape index (κ3) is 11.8. The number of carbonyl (C=O) groups excluding carboxylic acids is 3. The molecule has 0 spiro atoms. The number of carbonyl (C=O) groups is 4. The second-order valence-electron chi connectivity index (χ2n) is 12.4. The van der Waals surface area contributed by atoms with E-state index in [4.69, 9.17) is 19.3 Å². The standard InChI is InChI=1S/C18H17NO3.C16H16O3.C9H9NO2/c1-13-7-9-14(10-8-13)11-17(20)19-16(12-22-18(19)21)15-5-3-2-4-6-15;17-16(18)11-8-13-6-9-15(10-7-13)19-12-14-4-2-1-3-5-14;11-9-10-8(6-12-9)7-4-2-1-3-5-7/h2-10,16H,11-12H2,1H3;1-7,9-10H,8,11-12H2,(H,17,18);1-5,8H,6H2,(H,10,11)/t16-;;8-/m0.0/s1. The molecule has 0 radical (unpaired) electrons. The van der Waals surface area contributed by atoms with Gasteiger partial charge >= 0.3 is 18.2 Å². The zero-order chi connectivity index (χ0) is 37.4. The maximum atomic E-state index is 12.5. The van der Waals surface area contributed by atoms with Gasteiger partial charge in [0.2, 0.25) is 5.91 Å². The highest BCUT2D eigenvalue weighted by molar-refractivity contribution is 5.94. The van der Waals surface area contributed by atoms with Gasteiger partial charge in [-0.15, -0.1) is 0 Å². The molecule has 0 aromatic heterocycles. The predicted octanol–water partition coefficient (Wildman–Crippen LogP) is 8.01. The number of rotatable bonds is 10. The minimum absolute atomic E-state index is 0.0266. The minimum Gasteiger partial charge on any atom is -0.489 e.